The first-order chi connectivity index (χ1) is 7.49. The van der Waals surface area contributed by atoms with Gasteiger partial charge in [0.1, 0.15) is 0 Å². The van der Waals surface area contributed by atoms with E-state index in [1.165, 1.54) is 11.3 Å². The smallest absolute Gasteiger partial charge is 0.0989 e. The zero-order chi connectivity index (χ0) is 12.1. The van der Waals surface area contributed by atoms with Crippen molar-refractivity contribution in [2.24, 2.45) is 0 Å². The minimum Gasteiger partial charge on any atom is -0.313 e. The van der Waals surface area contributed by atoms with Gasteiger partial charge in [-0.2, -0.15) is 0 Å². The van der Waals surface area contributed by atoms with E-state index in [0.29, 0.717) is 12.1 Å². The van der Waals surface area contributed by atoms with E-state index in [2.05, 4.69) is 31.4 Å². The normalized spacial score (nSPS) is 13.4. The molecule has 0 aliphatic heterocycles. The largest absolute Gasteiger partial charge is 0.313 e. The summed E-state index contributed by atoms with van der Waals surface area (Å²) in [6, 6.07) is 2.85. The zero-order valence-electron chi connectivity index (χ0n) is 9.81. The maximum atomic E-state index is 6.03. The SMILES string of the molecule is CC(C)NCC(C)NCc1cc(Cl)sc1Cl. The Kier molecular flexibility index (Phi) is 6.08. The van der Waals surface area contributed by atoms with Crippen LogP contribution in [0.4, 0.5) is 0 Å². The van der Waals surface area contributed by atoms with Crippen molar-refractivity contribution in [1.82, 2.24) is 10.6 Å². The summed E-state index contributed by atoms with van der Waals surface area (Å²) in [6.45, 7) is 8.15. The molecule has 2 nitrogen and oxygen atoms in total. The second-order valence-electron chi connectivity index (χ2n) is 4.19. The van der Waals surface area contributed by atoms with Crippen LogP contribution in [0.1, 0.15) is 26.3 Å². The van der Waals surface area contributed by atoms with E-state index in [0.717, 1.165) is 27.3 Å². The van der Waals surface area contributed by atoms with Crippen LogP contribution < -0.4 is 10.6 Å². The first-order valence-corrected chi connectivity index (χ1v) is 6.96. The molecule has 0 aromatic carbocycles. The van der Waals surface area contributed by atoms with Crippen LogP contribution in [0.3, 0.4) is 0 Å². The third-order valence-corrected chi connectivity index (χ3v) is 3.77. The molecule has 0 aliphatic carbocycles. The van der Waals surface area contributed by atoms with Gasteiger partial charge in [-0.25, -0.2) is 0 Å². The molecule has 0 spiro atoms. The second-order valence-corrected chi connectivity index (χ2v) is 6.48. The molecule has 92 valence electrons. The summed E-state index contributed by atoms with van der Waals surface area (Å²) in [6.07, 6.45) is 0. The molecule has 0 amide bonds. The molecule has 1 unspecified atom stereocenters. The lowest BCUT2D eigenvalue weighted by molar-refractivity contribution is 0.474. The summed E-state index contributed by atoms with van der Waals surface area (Å²) in [5, 5.41) is 6.79. The molecule has 0 saturated carbocycles. The van der Waals surface area contributed by atoms with Crippen LogP contribution in [-0.4, -0.2) is 18.6 Å². The quantitative estimate of drug-likeness (QED) is 0.833. The van der Waals surface area contributed by atoms with Crippen LogP contribution in [0.15, 0.2) is 6.07 Å². The molecule has 1 aromatic heterocycles. The van der Waals surface area contributed by atoms with Gasteiger partial charge in [-0.3, -0.25) is 0 Å². The van der Waals surface area contributed by atoms with Crippen LogP contribution in [0, 0.1) is 0 Å². The van der Waals surface area contributed by atoms with E-state index >= 15 is 0 Å². The Morgan fingerprint density at radius 1 is 1.25 bits per heavy atom. The molecule has 1 aromatic rings. The molecule has 1 heterocycles. The molecular weight excluding hydrogens is 263 g/mol. The van der Waals surface area contributed by atoms with Gasteiger partial charge >= 0.3 is 0 Å². The molecule has 0 radical (unpaired) electrons. The third kappa shape index (κ3) is 5.02. The fraction of sp³-hybridized carbons (Fsp3) is 0.636. The number of rotatable bonds is 6. The maximum Gasteiger partial charge on any atom is 0.0989 e. The molecule has 16 heavy (non-hydrogen) atoms. The van der Waals surface area contributed by atoms with Crippen molar-refractivity contribution in [2.45, 2.75) is 39.4 Å². The number of nitrogens with one attached hydrogen (secondary N) is 2. The first kappa shape index (κ1) is 14.3. The Morgan fingerprint density at radius 2 is 1.94 bits per heavy atom. The fourth-order valence-electron chi connectivity index (χ4n) is 1.26. The van der Waals surface area contributed by atoms with Crippen LogP contribution in [0.2, 0.25) is 8.67 Å². The summed E-state index contributed by atoms with van der Waals surface area (Å²) < 4.78 is 1.52. The van der Waals surface area contributed by atoms with Crippen LogP contribution in [0.25, 0.3) is 0 Å². The molecule has 0 fully saturated rings. The van der Waals surface area contributed by atoms with Gasteiger partial charge in [0, 0.05) is 25.2 Å². The molecule has 2 N–H and O–H groups in total. The van der Waals surface area contributed by atoms with Crippen molar-refractivity contribution < 1.29 is 0 Å². The van der Waals surface area contributed by atoms with Gasteiger partial charge in [0.25, 0.3) is 0 Å². The first-order valence-electron chi connectivity index (χ1n) is 5.39. The Hall–Kier alpha value is 0.200. The van der Waals surface area contributed by atoms with E-state index in [1.807, 2.05) is 6.07 Å². The average Bonchev–Trinajstić information content (AvgIpc) is 2.51. The number of hydrogen-bond acceptors (Lipinski definition) is 3. The summed E-state index contributed by atoms with van der Waals surface area (Å²) in [4.78, 5) is 0. The summed E-state index contributed by atoms with van der Waals surface area (Å²) in [7, 11) is 0. The van der Waals surface area contributed by atoms with E-state index < -0.39 is 0 Å². The van der Waals surface area contributed by atoms with Gasteiger partial charge in [0.2, 0.25) is 0 Å². The van der Waals surface area contributed by atoms with Crippen LogP contribution in [0.5, 0.6) is 0 Å². The van der Waals surface area contributed by atoms with Gasteiger partial charge < -0.3 is 10.6 Å². The highest BCUT2D eigenvalue weighted by Crippen LogP contribution is 2.30. The zero-order valence-corrected chi connectivity index (χ0v) is 12.1. The van der Waals surface area contributed by atoms with E-state index in [-0.39, 0.29) is 0 Å². The Morgan fingerprint density at radius 3 is 2.44 bits per heavy atom. The van der Waals surface area contributed by atoms with Crippen LogP contribution >= 0.6 is 34.5 Å². The Labute approximate surface area is 111 Å². The van der Waals surface area contributed by atoms with E-state index in [1.54, 1.807) is 0 Å². The Balaban J connectivity index is 2.31. The van der Waals surface area contributed by atoms with E-state index in [4.69, 9.17) is 23.2 Å². The Bertz CT molecular complexity index is 326. The van der Waals surface area contributed by atoms with Crippen molar-refractivity contribution in [1.29, 1.82) is 0 Å². The highest BCUT2D eigenvalue weighted by atomic mass is 35.5. The van der Waals surface area contributed by atoms with Crippen molar-refractivity contribution in [3.8, 4) is 0 Å². The lowest BCUT2D eigenvalue weighted by Crippen LogP contribution is -2.38. The summed E-state index contributed by atoms with van der Waals surface area (Å²) in [5.41, 5.74) is 1.08. The minimum atomic E-state index is 0.414. The highest BCUT2D eigenvalue weighted by molar-refractivity contribution is 7.20. The molecule has 5 heteroatoms. The van der Waals surface area contributed by atoms with Crippen molar-refractivity contribution in [3.05, 3.63) is 20.3 Å². The van der Waals surface area contributed by atoms with Crippen molar-refractivity contribution >= 4 is 34.5 Å². The molecule has 1 rings (SSSR count). The standard InChI is InChI=1S/C11H18Cl2N2S/c1-7(2)14-5-8(3)15-6-9-4-10(12)16-11(9)13/h4,7-8,14-15H,5-6H2,1-3H3. The van der Waals surface area contributed by atoms with Gasteiger partial charge in [-0.1, -0.05) is 37.0 Å². The molecule has 0 saturated heterocycles. The number of halogens is 2. The maximum absolute atomic E-state index is 6.03. The number of thiophene rings is 1. The topological polar surface area (TPSA) is 24.1 Å². The average molecular weight is 281 g/mol. The lowest BCUT2D eigenvalue weighted by Gasteiger charge is -2.16. The van der Waals surface area contributed by atoms with Gasteiger partial charge in [0.15, 0.2) is 0 Å². The van der Waals surface area contributed by atoms with Gasteiger partial charge in [-0.15, -0.1) is 11.3 Å². The molecule has 0 aliphatic rings. The van der Waals surface area contributed by atoms with Crippen LogP contribution in [-0.2, 0) is 6.54 Å². The van der Waals surface area contributed by atoms with E-state index in [9.17, 15) is 0 Å². The molecule has 1 atom stereocenters. The summed E-state index contributed by atoms with van der Waals surface area (Å²) in [5.74, 6) is 0. The molecular formula is C11H18Cl2N2S. The predicted octanol–water partition coefficient (Wildman–Crippen LogP) is 3.53. The van der Waals surface area contributed by atoms with Gasteiger partial charge in [-0.05, 0) is 18.6 Å². The molecule has 0 bridgehead atoms. The monoisotopic (exact) mass is 280 g/mol. The lowest BCUT2D eigenvalue weighted by atomic mass is 10.2. The summed E-state index contributed by atoms with van der Waals surface area (Å²) >= 11 is 13.3. The third-order valence-electron chi connectivity index (χ3n) is 2.20. The minimum absolute atomic E-state index is 0.414. The van der Waals surface area contributed by atoms with Gasteiger partial charge in [0.05, 0.1) is 8.67 Å². The predicted molar refractivity (Wildman–Crippen MR) is 73.8 cm³/mol. The van der Waals surface area contributed by atoms with Crippen molar-refractivity contribution in [3.63, 3.8) is 0 Å². The fourth-order valence-corrected chi connectivity index (χ4v) is 2.75. The highest BCUT2D eigenvalue weighted by Gasteiger charge is 2.07. The second kappa shape index (κ2) is 6.82. The number of hydrogen-bond donors (Lipinski definition) is 2. The van der Waals surface area contributed by atoms with Crippen molar-refractivity contribution in [2.75, 3.05) is 6.54 Å².